The maximum Gasteiger partial charge on any atom is 0.220 e. The molecule has 1 N–H and O–H groups in total. The second kappa shape index (κ2) is 8.92. The fourth-order valence-corrected chi connectivity index (χ4v) is 3.34. The molecule has 0 aromatic heterocycles. The Kier molecular flexibility index (Phi) is 6.91. The van der Waals surface area contributed by atoms with Gasteiger partial charge in [-0.15, -0.1) is 0 Å². The maximum atomic E-state index is 11.6. The van der Waals surface area contributed by atoms with E-state index in [1.807, 2.05) is 19.9 Å². The Bertz CT molecular complexity index is 560. The highest BCUT2D eigenvalue weighted by Gasteiger charge is 2.25. The van der Waals surface area contributed by atoms with Gasteiger partial charge in [-0.3, -0.25) is 9.69 Å². The van der Waals surface area contributed by atoms with Crippen molar-refractivity contribution < 1.29 is 14.3 Å². The van der Waals surface area contributed by atoms with E-state index in [9.17, 15) is 4.79 Å². The maximum absolute atomic E-state index is 11.6. The Morgan fingerprint density at radius 1 is 1.29 bits per heavy atom. The van der Waals surface area contributed by atoms with Gasteiger partial charge in [0, 0.05) is 37.7 Å². The van der Waals surface area contributed by atoms with Gasteiger partial charge in [0.05, 0.1) is 13.2 Å². The molecule has 1 aliphatic heterocycles. The predicted molar refractivity (Wildman–Crippen MR) is 95.6 cm³/mol. The summed E-state index contributed by atoms with van der Waals surface area (Å²) < 4.78 is 11.6. The van der Waals surface area contributed by atoms with Gasteiger partial charge in [-0.2, -0.15) is 0 Å². The molecule has 1 heterocycles. The fraction of sp³-hybridized carbons (Fsp3) is 0.632. The molecule has 0 radical (unpaired) electrons. The largest absolute Gasteiger partial charge is 0.493 e. The number of rotatable bonds is 8. The quantitative estimate of drug-likeness (QED) is 0.794. The Morgan fingerprint density at radius 3 is 2.71 bits per heavy atom. The molecule has 1 aromatic rings. The molecule has 5 nitrogen and oxygen atoms in total. The lowest BCUT2D eigenvalue weighted by Crippen LogP contribution is -2.24. The lowest BCUT2D eigenvalue weighted by atomic mass is 10.0. The van der Waals surface area contributed by atoms with E-state index < -0.39 is 0 Å². The van der Waals surface area contributed by atoms with Crippen LogP contribution in [0, 0.1) is 12.8 Å². The molecule has 134 valence electrons. The molecule has 1 atom stereocenters. The Labute approximate surface area is 145 Å². The van der Waals surface area contributed by atoms with Crippen LogP contribution in [0.15, 0.2) is 12.1 Å². The fourth-order valence-electron chi connectivity index (χ4n) is 3.34. The average Bonchev–Trinajstić information content (AvgIpc) is 3.00. The minimum atomic E-state index is 0.133. The van der Waals surface area contributed by atoms with Crippen LogP contribution in [-0.2, 0) is 11.3 Å². The summed E-state index contributed by atoms with van der Waals surface area (Å²) in [5, 5.41) is 2.72. The molecule has 0 saturated carbocycles. The monoisotopic (exact) mass is 334 g/mol. The first-order valence-electron chi connectivity index (χ1n) is 8.90. The van der Waals surface area contributed by atoms with Crippen molar-refractivity contribution in [3.05, 3.63) is 23.3 Å². The van der Waals surface area contributed by atoms with Crippen LogP contribution in [0.2, 0.25) is 0 Å². The summed E-state index contributed by atoms with van der Waals surface area (Å²) in [5.41, 5.74) is 2.26. The highest BCUT2D eigenvalue weighted by Crippen LogP contribution is 2.33. The molecule has 0 unspecified atom stereocenters. The SMILES string of the molecule is CCOc1ccc(CN2CC[C@H](CC(=O)NC)C2)c(OCC)c1C. The zero-order chi connectivity index (χ0) is 17.5. The smallest absolute Gasteiger partial charge is 0.220 e. The topological polar surface area (TPSA) is 50.8 Å². The highest BCUT2D eigenvalue weighted by molar-refractivity contribution is 5.75. The van der Waals surface area contributed by atoms with Crippen molar-refractivity contribution in [2.24, 2.45) is 5.92 Å². The summed E-state index contributed by atoms with van der Waals surface area (Å²) in [6.45, 7) is 10.2. The van der Waals surface area contributed by atoms with Gasteiger partial charge >= 0.3 is 0 Å². The van der Waals surface area contributed by atoms with Crippen molar-refractivity contribution in [1.82, 2.24) is 10.2 Å². The van der Waals surface area contributed by atoms with Crippen molar-refractivity contribution in [2.45, 2.75) is 40.2 Å². The van der Waals surface area contributed by atoms with Gasteiger partial charge in [-0.05, 0) is 45.7 Å². The van der Waals surface area contributed by atoms with Crippen LogP contribution in [0.25, 0.3) is 0 Å². The van der Waals surface area contributed by atoms with Gasteiger partial charge in [0.15, 0.2) is 0 Å². The molecule has 1 saturated heterocycles. The van der Waals surface area contributed by atoms with Gasteiger partial charge in [0.25, 0.3) is 0 Å². The second-order valence-corrected chi connectivity index (χ2v) is 6.31. The van der Waals surface area contributed by atoms with Gasteiger partial charge in [0.2, 0.25) is 5.91 Å². The lowest BCUT2D eigenvalue weighted by molar-refractivity contribution is -0.121. The summed E-state index contributed by atoms with van der Waals surface area (Å²) in [5.74, 6) is 2.42. The zero-order valence-corrected chi connectivity index (χ0v) is 15.4. The number of nitrogens with one attached hydrogen (secondary N) is 1. The normalized spacial score (nSPS) is 17.8. The molecular formula is C19H30N2O3. The molecule has 24 heavy (non-hydrogen) atoms. The number of benzene rings is 1. The third kappa shape index (κ3) is 4.63. The second-order valence-electron chi connectivity index (χ2n) is 6.31. The molecule has 0 spiro atoms. The number of amides is 1. The van der Waals surface area contributed by atoms with Gasteiger partial charge in [-0.25, -0.2) is 0 Å². The van der Waals surface area contributed by atoms with E-state index in [1.165, 1.54) is 5.56 Å². The molecule has 2 rings (SSSR count). The van der Waals surface area contributed by atoms with E-state index in [2.05, 4.69) is 23.2 Å². The van der Waals surface area contributed by atoms with Crippen LogP contribution in [-0.4, -0.2) is 44.2 Å². The molecule has 5 heteroatoms. The van der Waals surface area contributed by atoms with Gasteiger partial charge in [0.1, 0.15) is 11.5 Å². The first kappa shape index (κ1) is 18.6. The summed E-state index contributed by atoms with van der Waals surface area (Å²) >= 11 is 0. The van der Waals surface area contributed by atoms with Crippen molar-refractivity contribution >= 4 is 5.91 Å². The average molecular weight is 334 g/mol. The number of carbonyl (C=O) groups is 1. The molecular weight excluding hydrogens is 304 g/mol. The van der Waals surface area contributed by atoms with Crippen LogP contribution < -0.4 is 14.8 Å². The van der Waals surface area contributed by atoms with E-state index in [4.69, 9.17) is 9.47 Å². The van der Waals surface area contributed by atoms with Gasteiger partial charge < -0.3 is 14.8 Å². The Balaban J connectivity index is 2.06. The molecule has 1 fully saturated rings. The molecule has 1 amide bonds. The van der Waals surface area contributed by atoms with Crippen molar-refractivity contribution in [3.8, 4) is 11.5 Å². The van der Waals surface area contributed by atoms with Gasteiger partial charge in [-0.1, -0.05) is 6.07 Å². The standard InChI is InChI=1S/C19H30N2O3/c1-5-23-17-8-7-16(19(14(17)3)24-6-2)13-21-10-9-15(12-21)11-18(22)20-4/h7-8,15H,5-6,9-13H2,1-4H3,(H,20,22)/t15-/m1/s1. The molecule has 1 aromatic carbocycles. The molecule has 0 aliphatic carbocycles. The van der Waals surface area contributed by atoms with Crippen LogP contribution in [0.3, 0.4) is 0 Å². The summed E-state index contributed by atoms with van der Waals surface area (Å²) in [6, 6.07) is 4.14. The number of ether oxygens (including phenoxy) is 2. The van der Waals surface area contributed by atoms with Crippen molar-refractivity contribution in [1.29, 1.82) is 0 Å². The van der Waals surface area contributed by atoms with E-state index in [-0.39, 0.29) is 5.91 Å². The van der Waals surface area contributed by atoms with Crippen LogP contribution in [0.1, 0.15) is 37.8 Å². The van der Waals surface area contributed by atoms with Crippen LogP contribution in [0.5, 0.6) is 11.5 Å². The highest BCUT2D eigenvalue weighted by atomic mass is 16.5. The third-order valence-corrected chi connectivity index (χ3v) is 4.54. The van der Waals surface area contributed by atoms with E-state index >= 15 is 0 Å². The first-order valence-corrected chi connectivity index (χ1v) is 8.90. The summed E-state index contributed by atoms with van der Waals surface area (Å²) in [4.78, 5) is 14.0. The van der Waals surface area contributed by atoms with E-state index in [1.54, 1.807) is 7.05 Å². The Morgan fingerprint density at radius 2 is 2.04 bits per heavy atom. The number of likely N-dealkylation sites (tertiary alicyclic amines) is 1. The summed E-state index contributed by atoms with van der Waals surface area (Å²) in [6.07, 6.45) is 1.70. The number of hydrogen-bond acceptors (Lipinski definition) is 4. The van der Waals surface area contributed by atoms with Crippen molar-refractivity contribution in [3.63, 3.8) is 0 Å². The minimum absolute atomic E-state index is 0.133. The molecule has 0 bridgehead atoms. The van der Waals surface area contributed by atoms with E-state index in [0.29, 0.717) is 25.6 Å². The number of carbonyl (C=O) groups excluding carboxylic acids is 1. The van der Waals surface area contributed by atoms with Crippen LogP contribution in [0.4, 0.5) is 0 Å². The van der Waals surface area contributed by atoms with E-state index in [0.717, 1.165) is 43.1 Å². The first-order chi connectivity index (χ1) is 11.6. The zero-order valence-electron chi connectivity index (χ0n) is 15.4. The third-order valence-electron chi connectivity index (χ3n) is 4.54. The molecule has 1 aliphatic rings. The summed E-state index contributed by atoms with van der Waals surface area (Å²) in [7, 11) is 1.70. The number of hydrogen-bond donors (Lipinski definition) is 1. The Hall–Kier alpha value is -1.75. The minimum Gasteiger partial charge on any atom is -0.493 e. The van der Waals surface area contributed by atoms with Crippen LogP contribution >= 0.6 is 0 Å². The lowest BCUT2D eigenvalue weighted by Gasteiger charge is -2.21. The predicted octanol–water partition coefficient (Wildman–Crippen LogP) is 2.75. The van der Waals surface area contributed by atoms with Crippen molar-refractivity contribution in [2.75, 3.05) is 33.4 Å². The number of nitrogens with zero attached hydrogens (tertiary/aromatic N) is 1.